The summed E-state index contributed by atoms with van der Waals surface area (Å²) in [5.74, 6) is 1.56. The fraction of sp³-hybridized carbons (Fsp3) is 0.286. The highest BCUT2D eigenvalue weighted by molar-refractivity contribution is 5.95. The van der Waals surface area contributed by atoms with Gasteiger partial charge in [-0.05, 0) is 12.1 Å². The van der Waals surface area contributed by atoms with E-state index in [0.29, 0.717) is 36.2 Å². The van der Waals surface area contributed by atoms with E-state index in [4.69, 9.17) is 9.47 Å². The molecule has 9 heteroatoms. The number of rotatable bonds is 6. The third-order valence-electron chi connectivity index (χ3n) is 4.93. The van der Waals surface area contributed by atoms with Crippen LogP contribution >= 0.6 is 0 Å². The molecule has 0 atom stereocenters. The lowest BCUT2D eigenvalue weighted by Crippen LogP contribution is -2.40. The lowest BCUT2D eigenvalue weighted by molar-refractivity contribution is -0.116. The summed E-state index contributed by atoms with van der Waals surface area (Å²) in [5.41, 5.74) is 2.43. The largest absolute Gasteiger partial charge is 0.497 e. The number of carbonyl (C=O) groups is 2. The number of fused-ring (bicyclic) bond motifs is 3. The number of hydrogen-bond donors (Lipinski definition) is 2. The molecular weight excluding hydrogens is 386 g/mol. The fourth-order valence-electron chi connectivity index (χ4n) is 3.46. The maximum absolute atomic E-state index is 12.6. The van der Waals surface area contributed by atoms with Gasteiger partial charge in [-0.15, -0.1) is 0 Å². The highest BCUT2D eigenvalue weighted by Gasteiger charge is 2.28. The van der Waals surface area contributed by atoms with Gasteiger partial charge in [0.2, 0.25) is 11.9 Å². The number of urea groups is 1. The van der Waals surface area contributed by atoms with Crippen LogP contribution in [0, 0.1) is 0 Å². The second-order valence-corrected chi connectivity index (χ2v) is 6.84. The maximum atomic E-state index is 12.6. The van der Waals surface area contributed by atoms with Crippen LogP contribution in [0.3, 0.4) is 0 Å². The summed E-state index contributed by atoms with van der Waals surface area (Å²) >= 11 is 0. The van der Waals surface area contributed by atoms with Crippen LogP contribution in [0.25, 0.3) is 11.0 Å². The van der Waals surface area contributed by atoms with Crippen molar-refractivity contribution < 1.29 is 19.1 Å². The number of nitrogens with zero attached hydrogens (tertiary/aromatic N) is 3. The first-order chi connectivity index (χ1) is 14.6. The van der Waals surface area contributed by atoms with Crippen LogP contribution in [0.5, 0.6) is 11.5 Å². The van der Waals surface area contributed by atoms with E-state index < -0.39 is 0 Å². The summed E-state index contributed by atoms with van der Waals surface area (Å²) in [7, 11) is 3.09. The normalized spacial score (nSPS) is 12.5. The van der Waals surface area contributed by atoms with E-state index >= 15 is 0 Å². The van der Waals surface area contributed by atoms with Gasteiger partial charge in [0, 0.05) is 49.9 Å². The summed E-state index contributed by atoms with van der Waals surface area (Å²) < 4.78 is 12.4. The number of benzene rings is 2. The Balaban J connectivity index is 1.32. The molecule has 0 radical (unpaired) electrons. The van der Waals surface area contributed by atoms with Crippen LogP contribution in [0.1, 0.15) is 6.42 Å². The van der Waals surface area contributed by atoms with E-state index in [1.165, 1.54) is 0 Å². The standard InChI is InChI=1S/C21H23N5O4/c1-29-15-11-14(12-16(13-15)30-2)23-19(27)7-8-22-21(28)26-10-9-25-18-6-4-3-5-17(18)24-20(25)26/h3-6,11-13H,7-10H2,1-2H3,(H,22,28)(H,23,27). The number of aromatic nitrogens is 2. The molecule has 3 aromatic rings. The minimum Gasteiger partial charge on any atom is -0.497 e. The number of ether oxygens (including phenoxy) is 2. The molecule has 0 saturated heterocycles. The van der Waals surface area contributed by atoms with Crippen molar-refractivity contribution in [3.8, 4) is 11.5 Å². The molecule has 0 fully saturated rings. The van der Waals surface area contributed by atoms with E-state index in [0.717, 1.165) is 11.0 Å². The third kappa shape index (κ3) is 3.86. The minimum absolute atomic E-state index is 0.134. The van der Waals surface area contributed by atoms with Gasteiger partial charge >= 0.3 is 6.03 Å². The molecule has 156 valence electrons. The number of nitrogens with one attached hydrogen (secondary N) is 2. The molecule has 30 heavy (non-hydrogen) atoms. The highest BCUT2D eigenvalue weighted by atomic mass is 16.5. The van der Waals surface area contributed by atoms with Crippen molar-refractivity contribution in [2.24, 2.45) is 0 Å². The number of para-hydroxylation sites is 2. The van der Waals surface area contributed by atoms with Gasteiger partial charge in [-0.25, -0.2) is 9.78 Å². The van der Waals surface area contributed by atoms with Gasteiger partial charge in [-0.1, -0.05) is 12.1 Å². The van der Waals surface area contributed by atoms with Gasteiger partial charge in [0.1, 0.15) is 11.5 Å². The molecule has 1 aliphatic rings. The molecule has 4 rings (SSSR count). The van der Waals surface area contributed by atoms with Crippen molar-refractivity contribution >= 4 is 34.6 Å². The van der Waals surface area contributed by atoms with E-state index in [1.54, 1.807) is 37.3 Å². The van der Waals surface area contributed by atoms with Crippen molar-refractivity contribution in [1.82, 2.24) is 14.9 Å². The Morgan fingerprint density at radius 3 is 2.53 bits per heavy atom. The van der Waals surface area contributed by atoms with E-state index in [-0.39, 0.29) is 24.9 Å². The zero-order valence-electron chi connectivity index (χ0n) is 16.8. The van der Waals surface area contributed by atoms with Gasteiger partial charge in [-0.3, -0.25) is 9.69 Å². The first-order valence-electron chi connectivity index (χ1n) is 9.62. The van der Waals surface area contributed by atoms with Gasteiger partial charge in [0.05, 0.1) is 25.3 Å². The van der Waals surface area contributed by atoms with Gasteiger partial charge in [-0.2, -0.15) is 0 Å². The second-order valence-electron chi connectivity index (χ2n) is 6.84. The summed E-state index contributed by atoms with van der Waals surface area (Å²) in [6.45, 7) is 1.46. The molecule has 0 aliphatic carbocycles. The summed E-state index contributed by atoms with van der Waals surface area (Å²) in [6, 6.07) is 12.7. The summed E-state index contributed by atoms with van der Waals surface area (Å²) in [4.78, 5) is 31.0. The number of amides is 3. The fourth-order valence-corrected chi connectivity index (χ4v) is 3.46. The first-order valence-corrected chi connectivity index (χ1v) is 9.62. The van der Waals surface area contributed by atoms with Crippen molar-refractivity contribution in [3.05, 3.63) is 42.5 Å². The average molecular weight is 409 g/mol. The van der Waals surface area contributed by atoms with E-state index in [9.17, 15) is 9.59 Å². The van der Waals surface area contributed by atoms with Crippen LogP contribution in [0.4, 0.5) is 16.4 Å². The average Bonchev–Trinajstić information content (AvgIpc) is 3.32. The molecule has 3 amide bonds. The van der Waals surface area contributed by atoms with Crippen molar-refractivity contribution in [3.63, 3.8) is 0 Å². The van der Waals surface area contributed by atoms with E-state index in [1.807, 2.05) is 28.8 Å². The van der Waals surface area contributed by atoms with Crippen molar-refractivity contribution in [2.45, 2.75) is 13.0 Å². The molecule has 2 heterocycles. The smallest absolute Gasteiger partial charge is 0.324 e. The number of anilines is 2. The number of imidazole rings is 1. The van der Waals surface area contributed by atoms with Crippen molar-refractivity contribution in [1.29, 1.82) is 0 Å². The number of methoxy groups -OCH3 is 2. The Morgan fingerprint density at radius 2 is 1.80 bits per heavy atom. The van der Waals surface area contributed by atoms with Crippen molar-refractivity contribution in [2.75, 3.05) is 37.5 Å². The number of hydrogen-bond acceptors (Lipinski definition) is 5. The molecule has 1 aliphatic heterocycles. The summed E-state index contributed by atoms with van der Waals surface area (Å²) in [6.07, 6.45) is 0.134. The maximum Gasteiger partial charge on any atom is 0.324 e. The zero-order valence-corrected chi connectivity index (χ0v) is 16.8. The molecule has 2 aromatic carbocycles. The number of carbonyl (C=O) groups excluding carboxylic acids is 2. The Kier molecular flexibility index (Phi) is 5.42. The Hall–Kier alpha value is -3.75. The minimum atomic E-state index is -0.264. The highest BCUT2D eigenvalue weighted by Crippen LogP contribution is 2.27. The van der Waals surface area contributed by atoms with Crippen LogP contribution < -0.4 is 25.0 Å². The quantitative estimate of drug-likeness (QED) is 0.652. The summed E-state index contributed by atoms with van der Waals surface area (Å²) in [5, 5.41) is 5.58. The molecule has 0 saturated carbocycles. The molecule has 0 bridgehead atoms. The molecule has 2 N–H and O–H groups in total. The second kappa shape index (κ2) is 8.32. The molecule has 1 aromatic heterocycles. The predicted molar refractivity (Wildman–Crippen MR) is 113 cm³/mol. The Bertz CT molecular complexity index is 1070. The zero-order chi connectivity index (χ0) is 21.1. The lowest BCUT2D eigenvalue weighted by atomic mass is 10.2. The van der Waals surface area contributed by atoms with Crippen LogP contribution in [0.15, 0.2) is 42.5 Å². The van der Waals surface area contributed by atoms with Crippen LogP contribution in [-0.4, -0.2) is 48.8 Å². The van der Waals surface area contributed by atoms with Gasteiger partial charge in [0.15, 0.2) is 0 Å². The molecule has 9 nitrogen and oxygen atoms in total. The van der Waals surface area contributed by atoms with Crippen LogP contribution in [0.2, 0.25) is 0 Å². The van der Waals surface area contributed by atoms with Gasteiger partial charge < -0.3 is 24.7 Å². The monoisotopic (exact) mass is 409 g/mol. The van der Waals surface area contributed by atoms with Crippen LogP contribution in [-0.2, 0) is 11.3 Å². The predicted octanol–water partition coefficient (Wildman–Crippen LogP) is 2.61. The molecule has 0 unspecified atom stereocenters. The Labute approximate surface area is 173 Å². The lowest BCUT2D eigenvalue weighted by Gasteiger charge is -2.15. The SMILES string of the molecule is COc1cc(NC(=O)CCNC(=O)N2CCn3c2nc2ccccc23)cc(OC)c1. The Morgan fingerprint density at radius 1 is 1.07 bits per heavy atom. The first kappa shape index (κ1) is 19.6. The van der Waals surface area contributed by atoms with Gasteiger partial charge in [0.25, 0.3) is 0 Å². The molecular formula is C21H23N5O4. The van der Waals surface area contributed by atoms with E-state index in [2.05, 4.69) is 15.6 Å². The third-order valence-corrected chi connectivity index (χ3v) is 4.93. The molecule has 0 spiro atoms. The topological polar surface area (TPSA) is 97.7 Å².